The molecule has 0 atom stereocenters. The molecule has 0 spiro atoms. The topological polar surface area (TPSA) is 31.4 Å². The fourth-order valence-electron chi connectivity index (χ4n) is 2.70. The van der Waals surface area contributed by atoms with E-state index in [1.165, 1.54) is 5.56 Å². The quantitative estimate of drug-likeness (QED) is 0.568. The Morgan fingerprint density at radius 1 is 0.962 bits per heavy atom. The van der Waals surface area contributed by atoms with Crippen LogP contribution in [0.1, 0.15) is 30.7 Å². The second kappa shape index (κ2) is 8.05. The predicted molar refractivity (Wildman–Crippen MR) is 109 cm³/mol. The summed E-state index contributed by atoms with van der Waals surface area (Å²) in [6, 6.07) is 16.4. The number of aromatic nitrogens is 1. The molecule has 3 nitrogen and oxygen atoms in total. The third-order valence-corrected chi connectivity index (χ3v) is 4.07. The molecular formula is C23H25NO2. The van der Waals surface area contributed by atoms with E-state index < -0.39 is 0 Å². The van der Waals surface area contributed by atoms with Crippen molar-refractivity contribution >= 4 is 23.1 Å². The van der Waals surface area contributed by atoms with Gasteiger partial charge in [0, 0.05) is 5.39 Å². The first-order valence-corrected chi connectivity index (χ1v) is 8.91. The number of ether oxygens (including phenoxy) is 2. The number of hydrogen-bond acceptors (Lipinski definition) is 3. The minimum absolute atomic E-state index is 0.474. The van der Waals surface area contributed by atoms with Gasteiger partial charge in [-0.15, -0.1) is 0 Å². The standard InChI is InChI=1S/C23H25NO2/c1-16(2)15-26-22-12-7-18(14-23(22)25-4)6-9-20-10-8-19-13-17(3)5-11-21(19)24-20/h5-14,16H,15H2,1-4H3. The van der Waals surface area contributed by atoms with Crippen LogP contribution in [0.4, 0.5) is 0 Å². The number of aryl methyl sites for hydroxylation is 1. The van der Waals surface area contributed by atoms with Gasteiger partial charge in [-0.3, -0.25) is 0 Å². The van der Waals surface area contributed by atoms with Crippen LogP contribution < -0.4 is 9.47 Å². The van der Waals surface area contributed by atoms with Gasteiger partial charge in [0.1, 0.15) is 0 Å². The van der Waals surface area contributed by atoms with E-state index in [1.807, 2.05) is 36.4 Å². The van der Waals surface area contributed by atoms with Crippen molar-refractivity contribution in [3.63, 3.8) is 0 Å². The number of benzene rings is 2. The van der Waals surface area contributed by atoms with Crippen LogP contribution >= 0.6 is 0 Å². The lowest BCUT2D eigenvalue weighted by Gasteiger charge is -2.12. The summed E-state index contributed by atoms with van der Waals surface area (Å²) < 4.78 is 11.3. The van der Waals surface area contributed by atoms with Gasteiger partial charge in [0.05, 0.1) is 24.9 Å². The van der Waals surface area contributed by atoms with Crippen LogP contribution in [-0.4, -0.2) is 18.7 Å². The zero-order valence-corrected chi connectivity index (χ0v) is 15.8. The summed E-state index contributed by atoms with van der Waals surface area (Å²) in [5, 5.41) is 1.16. The van der Waals surface area contributed by atoms with Gasteiger partial charge in [0.25, 0.3) is 0 Å². The molecule has 0 aliphatic rings. The average Bonchev–Trinajstić information content (AvgIpc) is 2.64. The molecule has 0 aliphatic heterocycles. The average molecular weight is 347 g/mol. The molecule has 26 heavy (non-hydrogen) atoms. The maximum absolute atomic E-state index is 5.80. The van der Waals surface area contributed by atoms with Crippen molar-refractivity contribution in [2.75, 3.05) is 13.7 Å². The molecule has 0 unspecified atom stereocenters. The minimum Gasteiger partial charge on any atom is -0.493 e. The van der Waals surface area contributed by atoms with Crippen LogP contribution in [0.3, 0.4) is 0 Å². The van der Waals surface area contributed by atoms with E-state index in [9.17, 15) is 0 Å². The first-order valence-electron chi connectivity index (χ1n) is 8.91. The van der Waals surface area contributed by atoms with Crippen molar-refractivity contribution in [3.8, 4) is 11.5 Å². The van der Waals surface area contributed by atoms with Crippen molar-refractivity contribution in [1.82, 2.24) is 4.98 Å². The second-order valence-corrected chi connectivity index (χ2v) is 6.88. The number of hydrogen-bond donors (Lipinski definition) is 0. The van der Waals surface area contributed by atoms with Crippen LogP contribution in [0.2, 0.25) is 0 Å². The Bertz CT molecular complexity index is 929. The summed E-state index contributed by atoms with van der Waals surface area (Å²) in [5.41, 5.74) is 4.23. The lowest BCUT2D eigenvalue weighted by atomic mass is 10.1. The van der Waals surface area contributed by atoms with Crippen LogP contribution in [0, 0.1) is 12.8 Å². The van der Waals surface area contributed by atoms with Crippen molar-refractivity contribution in [2.45, 2.75) is 20.8 Å². The molecular weight excluding hydrogens is 322 g/mol. The number of fused-ring (bicyclic) bond motifs is 1. The van der Waals surface area contributed by atoms with Crippen molar-refractivity contribution in [1.29, 1.82) is 0 Å². The molecule has 0 radical (unpaired) electrons. The molecule has 3 aromatic rings. The first kappa shape index (κ1) is 18.0. The third-order valence-electron chi connectivity index (χ3n) is 4.07. The highest BCUT2D eigenvalue weighted by Gasteiger charge is 2.06. The molecule has 3 heteroatoms. The van der Waals surface area contributed by atoms with Gasteiger partial charge in [-0.05, 0) is 54.8 Å². The summed E-state index contributed by atoms with van der Waals surface area (Å²) in [7, 11) is 1.66. The predicted octanol–water partition coefficient (Wildman–Crippen LogP) is 5.76. The van der Waals surface area contributed by atoms with Crippen LogP contribution in [0.5, 0.6) is 11.5 Å². The van der Waals surface area contributed by atoms with E-state index in [1.54, 1.807) is 7.11 Å². The van der Waals surface area contributed by atoms with Gasteiger partial charge in [-0.25, -0.2) is 4.98 Å². The summed E-state index contributed by atoms with van der Waals surface area (Å²) in [4.78, 5) is 4.70. The Hall–Kier alpha value is -2.81. The highest BCUT2D eigenvalue weighted by Crippen LogP contribution is 2.29. The number of methoxy groups -OCH3 is 1. The molecule has 0 saturated carbocycles. The molecule has 3 rings (SSSR count). The zero-order valence-electron chi connectivity index (χ0n) is 15.8. The molecule has 0 fully saturated rings. The monoisotopic (exact) mass is 347 g/mol. The maximum atomic E-state index is 5.80. The summed E-state index contributed by atoms with van der Waals surface area (Å²) >= 11 is 0. The van der Waals surface area contributed by atoms with E-state index in [-0.39, 0.29) is 0 Å². The van der Waals surface area contributed by atoms with Gasteiger partial charge in [0.2, 0.25) is 0 Å². The Labute approximate surface area is 155 Å². The van der Waals surface area contributed by atoms with E-state index >= 15 is 0 Å². The van der Waals surface area contributed by atoms with Crippen LogP contribution in [-0.2, 0) is 0 Å². The SMILES string of the molecule is COc1cc(C=Cc2ccc3cc(C)ccc3n2)ccc1OCC(C)C. The van der Waals surface area contributed by atoms with Crippen molar-refractivity contribution in [2.24, 2.45) is 5.92 Å². The molecule has 0 N–H and O–H groups in total. The summed E-state index contributed by atoms with van der Waals surface area (Å²) in [6.07, 6.45) is 4.06. The van der Waals surface area contributed by atoms with Gasteiger partial charge in [-0.2, -0.15) is 0 Å². The van der Waals surface area contributed by atoms with E-state index in [4.69, 9.17) is 14.5 Å². The van der Waals surface area contributed by atoms with E-state index in [2.05, 4.69) is 45.0 Å². The fraction of sp³-hybridized carbons (Fsp3) is 0.261. The molecule has 0 saturated heterocycles. The highest BCUT2D eigenvalue weighted by molar-refractivity contribution is 5.81. The number of rotatable bonds is 6. The van der Waals surface area contributed by atoms with E-state index in [0.717, 1.165) is 33.7 Å². The third kappa shape index (κ3) is 4.42. The second-order valence-electron chi connectivity index (χ2n) is 6.88. The molecule has 1 heterocycles. The fourth-order valence-corrected chi connectivity index (χ4v) is 2.70. The number of pyridine rings is 1. The van der Waals surface area contributed by atoms with Gasteiger partial charge in [-0.1, -0.05) is 43.7 Å². The normalized spacial score (nSPS) is 11.4. The summed E-state index contributed by atoms with van der Waals surface area (Å²) in [5.74, 6) is 1.99. The van der Waals surface area contributed by atoms with Crippen LogP contribution in [0.15, 0.2) is 48.5 Å². The number of nitrogens with zero attached hydrogens (tertiary/aromatic N) is 1. The van der Waals surface area contributed by atoms with Crippen LogP contribution in [0.25, 0.3) is 23.1 Å². The van der Waals surface area contributed by atoms with Gasteiger partial charge < -0.3 is 9.47 Å². The first-order chi connectivity index (χ1) is 12.5. The molecule has 0 amide bonds. The lowest BCUT2D eigenvalue weighted by molar-refractivity contribution is 0.257. The van der Waals surface area contributed by atoms with E-state index in [0.29, 0.717) is 12.5 Å². The zero-order chi connectivity index (χ0) is 18.5. The highest BCUT2D eigenvalue weighted by atomic mass is 16.5. The largest absolute Gasteiger partial charge is 0.493 e. The Kier molecular flexibility index (Phi) is 5.57. The Morgan fingerprint density at radius 2 is 1.81 bits per heavy atom. The molecule has 0 bridgehead atoms. The minimum atomic E-state index is 0.474. The molecule has 134 valence electrons. The van der Waals surface area contributed by atoms with Gasteiger partial charge in [0.15, 0.2) is 11.5 Å². The smallest absolute Gasteiger partial charge is 0.161 e. The Morgan fingerprint density at radius 3 is 2.58 bits per heavy atom. The molecule has 2 aromatic carbocycles. The van der Waals surface area contributed by atoms with Crippen molar-refractivity contribution in [3.05, 3.63) is 65.4 Å². The Balaban J connectivity index is 1.80. The molecule has 0 aliphatic carbocycles. The molecule has 1 aromatic heterocycles. The summed E-state index contributed by atoms with van der Waals surface area (Å²) in [6.45, 7) is 7.02. The lowest BCUT2D eigenvalue weighted by Crippen LogP contribution is -2.05. The van der Waals surface area contributed by atoms with Crippen molar-refractivity contribution < 1.29 is 9.47 Å². The van der Waals surface area contributed by atoms with Gasteiger partial charge >= 0.3 is 0 Å². The maximum Gasteiger partial charge on any atom is 0.161 e.